The van der Waals surface area contributed by atoms with Crippen LogP contribution in [0.3, 0.4) is 0 Å². The number of nitrogens with zero attached hydrogens (tertiary/aromatic N) is 1. The summed E-state index contributed by atoms with van der Waals surface area (Å²) < 4.78 is 0. The van der Waals surface area contributed by atoms with E-state index in [2.05, 4.69) is 67.7 Å². The van der Waals surface area contributed by atoms with Gasteiger partial charge in [-0.05, 0) is 37.1 Å². The number of benzene rings is 3. The molecule has 0 saturated carbocycles. The quantitative estimate of drug-likeness (QED) is 0.329. The van der Waals surface area contributed by atoms with Crippen LogP contribution in [0.4, 0.5) is 5.13 Å². The summed E-state index contributed by atoms with van der Waals surface area (Å²) in [5.74, 6) is -0.155. The van der Waals surface area contributed by atoms with Crippen LogP contribution < -0.4 is 5.32 Å². The first-order valence-corrected chi connectivity index (χ1v) is 11.3. The predicted octanol–water partition coefficient (Wildman–Crippen LogP) is 7.58. The van der Waals surface area contributed by atoms with Crippen molar-refractivity contribution in [2.24, 2.45) is 0 Å². The zero-order valence-electron chi connectivity index (χ0n) is 17.1. The molecule has 0 aliphatic heterocycles. The fourth-order valence-corrected chi connectivity index (χ4v) is 4.51. The van der Waals surface area contributed by atoms with Crippen LogP contribution in [0.15, 0.2) is 66.7 Å². The normalized spacial score (nSPS) is 10.8. The van der Waals surface area contributed by atoms with Gasteiger partial charge in [-0.25, -0.2) is 4.98 Å². The summed E-state index contributed by atoms with van der Waals surface area (Å²) in [6.45, 7) is 4.12. The largest absolute Gasteiger partial charge is 0.302 e. The topological polar surface area (TPSA) is 42.0 Å². The van der Waals surface area contributed by atoms with E-state index in [-0.39, 0.29) is 12.3 Å². The van der Waals surface area contributed by atoms with E-state index < -0.39 is 0 Å². The Bertz CT molecular complexity index is 1170. The molecule has 0 aliphatic rings. The van der Waals surface area contributed by atoms with Gasteiger partial charge in [-0.2, -0.15) is 0 Å². The van der Waals surface area contributed by atoms with Crippen molar-refractivity contribution in [3.05, 3.63) is 93.5 Å². The van der Waals surface area contributed by atoms with E-state index in [9.17, 15) is 4.79 Å². The van der Waals surface area contributed by atoms with Crippen LogP contribution in [0, 0.1) is 13.8 Å². The van der Waals surface area contributed by atoms with Gasteiger partial charge in [0.15, 0.2) is 5.13 Å². The molecule has 3 aromatic carbocycles. The maximum atomic E-state index is 12.6. The molecule has 4 rings (SSSR count). The van der Waals surface area contributed by atoms with Gasteiger partial charge in [0, 0.05) is 5.56 Å². The van der Waals surface area contributed by atoms with Crippen LogP contribution >= 0.6 is 34.5 Å². The highest BCUT2D eigenvalue weighted by atomic mass is 35.5. The zero-order valence-corrected chi connectivity index (χ0v) is 19.4. The van der Waals surface area contributed by atoms with Crippen molar-refractivity contribution in [2.75, 3.05) is 5.32 Å². The summed E-state index contributed by atoms with van der Waals surface area (Å²) >= 11 is 13.5. The molecular weight excluding hydrogens is 447 g/mol. The SMILES string of the molecule is Cc1ccc(-c2nc(NC(=O)Cc3ccc(Cl)c(Cl)c3)sc2-c2ccc(C)cc2)cc1. The molecule has 31 heavy (non-hydrogen) atoms. The third-order valence-electron chi connectivity index (χ3n) is 4.86. The monoisotopic (exact) mass is 466 g/mol. The van der Waals surface area contributed by atoms with Crippen LogP contribution in [-0.2, 0) is 11.2 Å². The Morgan fingerprint density at radius 3 is 2.10 bits per heavy atom. The van der Waals surface area contributed by atoms with Crippen LogP contribution in [0.5, 0.6) is 0 Å². The number of carbonyl (C=O) groups excluding carboxylic acids is 1. The summed E-state index contributed by atoms with van der Waals surface area (Å²) in [6.07, 6.45) is 0.191. The number of nitrogens with one attached hydrogen (secondary N) is 1. The lowest BCUT2D eigenvalue weighted by atomic mass is 10.0. The molecule has 0 saturated heterocycles. The summed E-state index contributed by atoms with van der Waals surface area (Å²) in [4.78, 5) is 18.4. The maximum Gasteiger partial charge on any atom is 0.230 e. The molecule has 1 aromatic heterocycles. The molecule has 0 atom stereocenters. The lowest BCUT2D eigenvalue weighted by Crippen LogP contribution is -2.14. The van der Waals surface area contributed by atoms with E-state index in [1.807, 2.05) is 0 Å². The Morgan fingerprint density at radius 2 is 1.48 bits per heavy atom. The molecule has 1 heterocycles. The molecule has 6 heteroatoms. The van der Waals surface area contributed by atoms with Gasteiger partial charge in [0.2, 0.25) is 5.91 Å². The molecule has 1 N–H and O–H groups in total. The molecular formula is C25H20Cl2N2OS. The highest BCUT2D eigenvalue weighted by Crippen LogP contribution is 2.39. The second kappa shape index (κ2) is 9.23. The highest BCUT2D eigenvalue weighted by molar-refractivity contribution is 7.19. The van der Waals surface area contributed by atoms with E-state index in [0.717, 1.165) is 27.3 Å². The molecule has 156 valence electrons. The van der Waals surface area contributed by atoms with Crippen LogP contribution in [0.2, 0.25) is 10.0 Å². The second-order valence-corrected chi connectivity index (χ2v) is 9.22. The van der Waals surface area contributed by atoms with Gasteiger partial charge in [0.05, 0.1) is 27.0 Å². The Kier molecular flexibility index (Phi) is 6.42. The number of rotatable bonds is 5. The van der Waals surface area contributed by atoms with Crippen LogP contribution in [-0.4, -0.2) is 10.9 Å². The van der Waals surface area contributed by atoms with Crippen molar-refractivity contribution < 1.29 is 4.79 Å². The van der Waals surface area contributed by atoms with Crippen molar-refractivity contribution in [3.63, 3.8) is 0 Å². The predicted molar refractivity (Wildman–Crippen MR) is 131 cm³/mol. The molecule has 4 aromatic rings. The fraction of sp³-hybridized carbons (Fsp3) is 0.120. The maximum absolute atomic E-state index is 12.6. The second-order valence-electron chi connectivity index (χ2n) is 7.40. The highest BCUT2D eigenvalue weighted by Gasteiger charge is 2.17. The number of amides is 1. The van der Waals surface area contributed by atoms with E-state index in [1.165, 1.54) is 22.5 Å². The third-order valence-corrected chi connectivity index (χ3v) is 6.62. The minimum atomic E-state index is -0.155. The smallest absolute Gasteiger partial charge is 0.230 e. The Hall–Kier alpha value is -2.66. The number of carbonyl (C=O) groups is 1. The number of halogens is 2. The number of aryl methyl sites for hydroxylation is 2. The van der Waals surface area contributed by atoms with E-state index in [0.29, 0.717) is 15.2 Å². The summed E-state index contributed by atoms with van der Waals surface area (Å²) in [7, 11) is 0. The number of aromatic nitrogens is 1. The minimum absolute atomic E-state index is 0.155. The summed E-state index contributed by atoms with van der Waals surface area (Å²) in [5, 5.41) is 4.41. The molecule has 0 unspecified atom stereocenters. The van der Waals surface area contributed by atoms with Crippen LogP contribution in [0.25, 0.3) is 21.7 Å². The zero-order chi connectivity index (χ0) is 22.0. The minimum Gasteiger partial charge on any atom is -0.302 e. The first-order valence-electron chi connectivity index (χ1n) is 9.78. The van der Waals surface area contributed by atoms with Gasteiger partial charge < -0.3 is 5.32 Å². The standard InChI is InChI=1S/C25H20Cl2N2OS/c1-15-3-8-18(9-4-15)23-24(19-10-5-16(2)6-11-19)31-25(29-23)28-22(30)14-17-7-12-20(26)21(27)13-17/h3-13H,14H2,1-2H3,(H,28,29,30). The average molecular weight is 467 g/mol. The first kappa shape index (κ1) is 21.6. The molecule has 0 bridgehead atoms. The van der Waals surface area contributed by atoms with Crippen molar-refractivity contribution in [2.45, 2.75) is 20.3 Å². The van der Waals surface area contributed by atoms with Crippen molar-refractivity contribution in [1.29, 1.82) is 0 Å². The molecule has 3 nitrogen and oxygen atoms in total. The van der Waals surface area contributed by atoms with Gasteiger partial charge in [0.25, 0.3) is 0 Å². The molecule has 0 aliphatic carbocycles. The van der Waals surface area contributed by atoms with Gasteiger partial charge >= 0.3 is 0 Å². The van der Waals surface area contributed by atoms with Gasteiger partial charge in [-0.1, -0.05) is 100 Å². The third kappa shape index (κ3) is 5.16. The number of hydrogen-bond donors (Lipinski definition) is 1. The number of thiazole rings is 1. The van der Waals surface area contributed by atoms with E-state index in [4.69, 9.17) is 28.2 Å². The molecule has 1 amide bonds. The van der Waals surface area contributed by atoms with Gasteiger partial charge in [-0.3, -0.25) is 4.79 Å². The number of hydrogen-bond acceptors (Lipinski definition) is 3. The van der Waals surface area contributed by atoms with Crippen molar-refractivity contribution in [1.82, 2.24) is 4.98 Å². The first-order chi connectivity index (χ1) is 14.9. The van der Waals surface area contributed by atoms with E-state index in [1.54, 1.807) is 18.2 Å². The Labute approximate surface area is 195 Å². The van der Waals surface area contributed by atoms with E-state index >= 15 is 0 Å². The summed E-state index contributed by atoms with van der Waals surface area (Å²) in [6, 6.07) is 21.8. The number of anilines is 1. The fourth-order valence-electron chi connectivity index (χ4n) is 3.18. The van der Waals surface area contributed by atoms with Gasteiger partial charge in [0.1, 0.15) is 0 Å². The lowest BCUT2D eigenvalue weighted by molar-refractivity contribution is -0.115. The van der Waals surface area contributed by atoms with Crippen molar-refractivity contribution in [3.8, 4) is 21.7 Å². The Morgan fingerprint density at radius 1 is 0.871 bits per heavy atom. The summed E-state index contributed by atoms with van der Waals surface area (Å²) in [5.41, 5.74) is 6.12. The van der Waals surface area contributed by atoms with Crippen molar-refractivity contribution >= 4 is 45.6 Å². The molecule has 0 fully saturated rings. The lowest BCUT2D eigenvalue weighted by Gasteiger charge is -2.04. The Balaban J connectivity index is 1.64. The van der Waals surface area contributed by atoms with Crippen LogP contribution in [0.1, 0.15) is 16.7 Å². The average Bonchev–Trinajstić information content (AvgIpc) is 3.15. The molecule has 0 radical (unpaired) electrons. The van der Waals surface area contributed by atoms with Gasteiger partial charge in [-0.15, -0.1) is 0 Å². The molecule has 0 spiro atoms.